The fourth-order valence-electron chi connectivity index (χ4n) is 1.12. The van der Waals surface area contributed by atoms with Gasteiger partial charge >= 0.3 is 51.4 Å². The molecule has 4 nitrogen and oxygen atoms in total. The molecule has 0 radical (unpaired) electrons. The molecule has 1 atom stereocenters. The van der Waals surface area contributed by atoms with Crippen LogP contribution in [0.5, 0.6) is 11.5 Å². The number of methoxy groups -OCH3 is 1. The van der Waals surface area contributed by atoms with E-state index in [1.807, 2.05) is 0 Å². The molecular weight excluding hydrogens is 235 g/mol. The van der Waals surface area contributed by atoms with Gasteiger partial charge in [0, 0.05) is 0 Å². The van der Waals surface area contributed by atoms with Gasteiger partial charge in [0.25, 0.3) is 0 Å². The molecule has 0 aliphatic heterocycles. The van der Waals surface area contributed by atoms with E-state index < -0.39 is 12.1 Å². The molecule has 0 aliphatic carbocycles. The summed E-state index contributed by atoms with van der Waals surface area (Å²) in [5.41, 5.74) is 0. The van der Waals surface area contributed by atoms with Crippen molar-refractivity contribution in [2.75, 3.05) is 7.11 Å². The van der Waals surface area contributed by atoms with E-state index in [9.17, 15) is 9.90 Å². The van der Waals surface area contributed by atoms with Crippen LogP contribution in [0.3, 0.4) is 0 Å². The zero-order chi connectivity index (χ0) is 11.3. The van der Waals surface area contributed by atoms with Crippen molar-refractivity contribution >= 4 is 5.97 Å². The Morgan fingerprint density at radius 2 is 1.81 bits per heavy atom. The van der Waals surface area contributed by atoms with Gasteiger partial charge in [-0.3, -0.25) is 0 Å². The van der Waals surface area contributed by atoms with E-state index in [2.05, 4.69) is 0 Å². The minimum absolute atomic E-state index is 0. The van der Waals surface area contributed by atoms with Crippen LogP contribution in [0.1, 0.15) is 13.3 Å². The predicted molar refractivity (Wildman–Crippen MR) is 52.7 cm³/mol. The van der Waals surface area contributed by atoms with Gasteiger partial charge in [-0.1, -0.05) is 6.92 Å². The van der Waals surface area contributed by atoms with Crippen LogP contribution >= 0.6 is 0 Å². The molecular formula is C11H13KO4. The van der Waals surface area contributed by atoms with E-state index in [1.165, 1.54) is 0 Å². The molecule has 0 aliphatic rings. The van der Waals surface area contributed by atoms with Gasteiger partial charge in [-0.15, -0.1) is 0 Å². The van der Waals surface area contributed by atoms with Gasteiger partial charge in [-0.25, -0.2) is 0 Å². The van der Waals surface area contributed by atoms with Crippen LogP contribution in [0.25, 0.3) is 0 Å². The molecule has 16 heavy (non-hydrogen) atoms. The molecule has 0 saturated heterocycles. The molecule has 0 N–H and O–H groups in total. The van der Waals surface area contributed by atoms with E-state index in [4.69, 9.17) is 9.47 Å². The van der Waals surface area contributed by atoms with Crippen LogP contribution < -0.4 is 66.0 Å². The zero-order valence-electron chi connectivity index (χ0n) is 9.73. The van der Waals surface area contributed by atoms with Crippen LogP contribution in [0.2, 0.25) is 0 Å². The fraction of sp³-hybridized carbons (Fsp3) is 0.364. The number of carboxylic acid groups (broad SMARTS) is 1. The molecule has 0 aromatic heterocycles. The van der Waals surface area contributed by atoms with Crippen molar-refractivity contribution in [3.63, 3.8) is 0 Å². The quantitative estimate of drug-likeness (QED) is 0.545. The van der Waals surface area contributed by atoms with Gasteiger partial charge < -0.3 is 19.4 Å². The normalized spacial score (nSPS) is 11.1. The molecule has 0 spiro atoms. The van der Waals surface area contributed by atoms with Crippen LogP contribution in [0.15, 0.2) is 24.3 Å². The van der Waals surface area contributed by atoms with Gasteiger partial charge in [0.15, 0.2) is 0 Å². The van der Waals surface area contributed by atoms with Gasteiger partial charge in [0.05, 0.1) is 13.1 Å². The average Bonchev–Trinajstić information content (AvgIpc) is 2.26. The fourth-order valence-corrected chi connectivity index (χ4v) is 1.12. The molecule has 1 aromatic rings. The van der Waals surface area contributed by atoms with Crippen LogP contribution in [-0.4, -0.2) is 19.2 Å². The van der Waals surface area contributed by atoms with E-state index in [1.54, 1.807) is 38.3 Å². The third-order valence-corrected chi connectivity index (χ3v) is 1.97. The van der Waals surface area contributed by atoms with Gasteiger partial charge in [-0.2, -0.15) is 0 Å². The molecule has 5 heteroatoms. The van der Waals surface area contributed by atoms with Crippen LogP contribution in [-0.2, 0) is 4.79 Å². The van der Waals surface area contributed by atoms with Crippen molar-refractivity contribution in [3.05, 3.63) is 24.3 Å². The maximum Gasteiger partial charge on any atom is 1.00 e. The van der Waals surface area contributed by atoms with Gasteiger partial charge in [0.1, 0.15) is 17.6 Å². The molecule has 0 bridgehead atoms. The van der Waals surface area contributed by atoms with E-state index in [-0.39, 0.29) is 51.4 Å². The third-order valence-electron chi connectivity index (χ3n) is 1.97. The number of benzene rings is 1. The predicted octanol–water partition coefficient (Wildman–Crippen LogP) is -2.39. The summed E-state index contributed by atoms with van der Waals surface area (Å²) in [6.07, 6.45) is -0.535. The Balaban J connectivity index is 0.00000225. The topological polar surface area (TPSA) is 58.6 Å². The van der Waals surface area contributed by atoms with Crippen molar-refractivity contribution in [2.45, 2.75) is 19.4 Å². The Morgan fingerprint density at radius 3 is 2.19 bits per heavy atom. The van der Waals surface area contributed by atoms with Gasteiger partial charge in [0.2, 0.25) is 0 Å². The smallest absolute Gasteiger partial charge is 0.546 e. The Labute approximate surface area is 137 Å². The Bertz CT molecular complexity index is 323. The summed E-state index contributed by atoms with van der Waals surface area (Å²) in [5.74, 6) is -0.0102. The second-order valence-electron chi connectivity index (χ2n) is 3.01. The summed E-state index contributed by atoms with van der Waals surface area (Å²) >= 11 is 0. The first-order chi connectivity index (χ1) is 7.17. The second kappa shape index (κ2) is 8.08. The summed E-state index contributed by atoms with van der Waals surface area (Å²) in [5, 5.41) is 10.6. The molecule has 1 rings (SSSR count). The molecule has 0 amide bonds. The number of ether oxygens (including phenoxy) is 2. The van der Waals surface area contributed by atoms with Crippen molar-refractivity contribution in [3.8, 4) is 11.5 Å². The first-order valence-corrected chi connectivity index (χ1v) is 4.69. The zero-order valence-corrected chi connectivity index (χ0v) is 12.8. The molecule has 1 unspecified atom stereocenters. The summed E-state index contributed by atoms with van der Waals surface area (Å²) < 4.78 is 10.2. The molecule has 82 valence electrons. The Hall–Kier alpha value is -0.0736. The number of aliphatic carboxylic acids is 1. The largest absolute Gasteiger partial charge is 1.00 e. The third kappa shape index (κ3) is 4.84. The average molecular weight is 248 g/mol. The summed E-state index contributed by atoms with van der Waals surface area (Å²) in [6, 6.07) is 6.73. The van der Waals surface area contributed by atoms with Crippen molar-refractivity contribution < 1.29 is 70.8 Å². The maximum atomic E-state index is 10.6. The molecule has 0 fully saturated rings. The number of hydrogen-bond donors (Lipinski definition) is 0. The first kappa shape index (κ1) is 15.9. The monoisotopic (exact) mass is 248 g/mol. The number of hydrogen-bond acceptors (Lipinski definition) is 4. The number of carbonyl (C=O) groups excluding carboxylic acids is 1. The minimum Gasteiger partial charge on any atom is -0.546 e. The van der Waals surface area contributed by atoms with Crippen LogP contribution in [0.4, 0.5) is 0 Å². The molecule has 1 aromatic carbocycles. The van der Waals surface area contributed by atoms with E-state index in [0.717, 1.165) is 0 Å². The van der Waals surface area contributed by atoms with Crippen LogP contribution in [0, 0.1) is 0 Å². The van der Waals surface area contributed by atoms with Crippen molar-refractivity contribution in [1.82, 2.24) is 0 Å². The van der Waals surface area contributed by atoms with E-state index in [0.29, 0.717) is 17.9 Å². The first-order valence-electron chi connectivity index (χ1n) is 4.69. The SMILES string of the molecule is CCC(Oc1ccc(OC)cc1)C(=O)[O-].[K+]. The van der Waals surface area contributed by atoms with Gasteiger partial charge in [-0.05, 0) is 30.7 Å². The Kier molecular flexibility index (Phi) is 8.04. The van der Waals surface area contributed by atoms with E-state index >= 15 is 0 Å². The maximum absolute atomic E-state index is 10.6. The number of carbonyl (C=O) groups is 1. The second-order valence-corrected chi connectivity index (χ2v) is 3.01. The Morgan fingerprint density at radius 1 is 1.31 bits per heavy atom. The summed E-state index contributed by atoms with van der Waals surface area (Å²) in [4.78, 5) is 10.6. The van der Waals surface area contributed by atoms with Crippen molar-refractivity contribution in [1.29, 1.82) is 0 Å². The molecule has 0 saturated carbocycles. The van der Waals surface area contributed by atoms with Crippen molar-refractivity contribution in [2.24, 2.45) is 0 Å². The standard InChI is InChI=1S/C11H14O4.K/c1-3-10(11(12)13)15-9-6-4-8(14-2)5-7-9;/h4-7,10H,3H2,1-2H3,(H,12,13);/q;+1/p-1. The molecule has 0 heterocycles. The summed E-state index contributed by atoms with van der Waals surface area (Å²) in [7, 11) is 1.56. The number of carboxylic acids is 1. The minimum atomic E-state index is -1.20. The summed E-state index contributed by atoms with van der Waals surface area (Å²) in [6.45, 7) is 1.73. The number of rotatable bonds is 5.